The number of amidine groups is 1. The molecule has 0 radical (unpaired) electrons. The number of nitro groups is 1. The average Bonchev–Trinajstić information content (AvgIpc) is 3.09. The van der Waals surface area contributed by atoms with Gasteiger partial charge >= 0.3 is 5.97 Å². The molecule has 1 aliphatic heterocycles. The van der Waals surface area contributed by atoms with Crippen LogP contribution in [0.1, 0.15) is 41.6 Å². The molecule has 8 nitrogen and oxygen atoms in total. The Bertz CT molecular complexity index is 1220. The summed E-state index contributed by atoms with van der Waals surface area (Å²) in [4.78, 5) is 27.7. The number of hydrogen-bond acceptors (Lipinski definition) is 7. The minimum Gasteiger partial charge on any atom is -0.422 e. The Morgan fingerprint density at radius 2 is 1.97 bits per heavy atom. The van der Waals surface area contributed by atoms with Gasteiger partial charge in [-0.2, -0.15) is 5.10 Å². The third-order valence-electron chi connectivity index (χ3n) is 5.19. The van der Waals surface area contributed by atoms with Crippen molar-refractivity contribution in [3.05, 3.63) is 81.9 Å². The van der Waals surface area contributed by atoms with Crippen LogP contribution in [0.5, 0.6) is 5.75 Å². The zero-order valence-corrected chi connectivity index (χ0v) is 17.4. The molecule has 8 heteroatoms. The molecule has 4 rings (SSSR count). The topological polar surface area (TPSA) is 106 Å². The van der Waals surface area contributed by atoms with Gasteiger partial charge in [-0.15, -0.1) is 0 Å². The molecule has 0 amide bonds. The first-order valence-corrected chi connectivity index (χ1v) is 10.4. The van der Waals surface area contributed by atoms with Gasteiger partial charge < -0.3 is 4.74 Å². The lowest BCUT2D eigenvalue weighted by atomic mass is 10.0. The molecule has 32 heavy (non-hydrogen) atoms. The molecular weight excluding hydrogens is 408 g/mol. The standard InChI is InChI=1S/C24H22N4O4/c29-24(18-8-6-9-19(15-18)28(30)31)32-22-13-12-17-7-3-4-10-20(17)21(22)16-26-27-23-11-2-1-5-14-25-23/h3-4,6-10,12-13,15-16H,1-2,5,11,14H2,(H,25,27). The molecule has 3 aromatic rings. The van der Waals surface area contributed by atoms with E-state index < -0.39 is 10.9 Å². The summed E-state index contributed by atoms with van der Waals surface area (Å²) in [5.41, 5.74) is 3.56. The minimum atomic E-state index is -0.681. The van der Waals surface area contributed by atoms with Gasteiger partial charge in [0.25, 0.3) is 5.69 Å². The molecule has 0 aliphatic carbocycles. The lowest BCUT2D eigenvalue weighted by molar-refractivity contribution is -0.384. The van der Waals surface area contributed by atoms with E-state index in [1.54, 1.807) is 12.3 Å². The van der Waals surface area contributed by atoms with Gasteiger partial charge in [-0.3, -0.25) is 20.5 Å². The van der Waals surface area contributed by atoms with Crippen molar-refractivity contribution in [1.82, 2.24) is 5.43 Å². The van der Waals surface area contributed by atoms with Crippen LogP contribution in [0, 0.1) is 10.1 Å². The van der Waals surface area contributed by atoms with Gasteiger partial charge in [0.05, 0.1) is 16.7 Å². The highest BCUT2D eigenvalue weighted by Gasteiger charge is 2.16. The minimum absolute atomic E-state index is 0.0983. The SMILES string of the molecule is O=C(Oc1ccc2ccccc2c1C=NNC1=NCCCCC1)c1cccc([N+](=O)[O-])c1. The molecule has 0 unspecified atom stereocenters. The predicted molar refractivity (Wildman–Crippen MR) is 124 cm³/mol. The number of ether oxygens (including phenoxy) is 1. The van der Waals surface area contributed by atoms with E-state index in [1.807, 2.05) is 30.3 Å². The van der Waals surface area contributed by atoms with E-state index in [9.17, 15) is 14.9 Å². The highest BCUT2D eigenvalue weighted by molar-refractivity contribution is 6.04. The monoisotopic (exact) mass is 430 g/mol. The fourth-order valence-corrected chi connectivity index (χ4v) is 3.54. The van der Waals surface area contributed by atoms with E-state index in [1.165, 1.54) is 24.3 Å². The van der Waals surface area contributed by atoms with Gasteiger partial charge in [0.1, 0.15) is 11.6 Å². The molecule has 1 heterocycles. The fraction of sp³-hybridized carbons (Fsp3) is 0.208. The van der Waals surface area contributed by atoms with Crippen molar-refractivity contribution in [2.24, 2.45) is 10.1 Å². The summed E-state index contributed by atoms with van der Waals surface area (Å²) in [7, 11) is 0. The van der Waals surface area contributed by atoms with Crippen molar-refractivity contribution < 1.29 is 14.5 Å². The number of non-ortho nitro benzene ring substituents is 1. The number of hydrazone groups is 1. The molecule has 1 aliphatic rings. The molecule has 0 bridgehead atoms. The molecule has 0 fully saturated rings. The van der Waals surface area contributed by atoms with Crippen LogP contribution in [-0.4, -0.2) is 29.5 Å². The van der Waals surface area contributed by atoms with Crippen LogP contribution < -0.4 is 10.2 Å². The lowest BCUT2D eigenvalue weighted by Crippen LogP contribution is -2.17. The fourth-order valence-electron chi connectivity index (χ4n) is 3.54. The van der Waals surface area contributed by atoms with Crippen molar-refractivity contribution in [3.8, 4) is 5.75 Å². The Hall–Kier alpha value is -4.07. The van der Waals surface area contributed by atoms with E-state index in [0.29, 0.717) is 11.3 Å². The first-order chi connectivity index (χ1) is 15.6. The summed E-state index contributed by atoms with van der Waals surface area (Å²) in [6.07, 6.45) is 5.77. The van der Waals surface area contributed by atoms with Crippen molar-refractivity contribution in [3.63, 3.8) is 0 Å². The van der Waals surface area contributed by atoms with Gasteiger partial charge in [0, 0.05) is 30.7 Å². The Morgan fingerprint density at radius 3 is 2.84 bits per heavy atom. The van der Waals surface area contributed by atoms with E-state index in [-0.39, 0.29) is 11.3 Å². The molecule has 1 N–H and O–H groups in total. The number of nitrogens with zero attached hydrogens (tertiary/aromatic N) is 3. The van der Waals surface area contributed by atoms with Crippen molar-refractivity contribution >= 4 is 34.5 Å². The number of fused-ring (bicyclic) bond motifs is 1. The molecule has 0 spiro atoms. The maximum Gasteiger partial charge on any atom is 0.343 e. The van der Waals surface area contributed by atoms with Crippen molar-refractivity contribution in [2.75, 3.05) is 6.54 Å². The highest BCUT2D eigenvalue weighted by Crippen LogP contribution is 2.28. The van der Waals surface area contributed by atoms with Gasteiger partial charge in [0.2, 0.25) is 0 Å². The third kappa shape index (κ3) is 4.97. The quantitative estimate of drug-likeness (QED) is 0.204. The number of aliphatic imine (C=N–C) groups is 1. The number of carbonyl (C=O) groups excluding carboxylic acids is 1. The Balaban J connectivity index is 1.63. The van der Waals surface area contributed by atoms with Gasteiger partial charge in [-0.05, 0) is 35.7 Å². The molecule has 0 saturated carbocycles. The maximum absolute atomic E-state index is 12.7. The second kappa shape index (κ2) is 9.82. The van der Waals surface area contributed by atoms with Crippen molar-refractivity contribution in [2.45, 2.75) is 25.7 Å². The third-order valence-corrected chi connectivity index (χ3v) is 5.19. The molecule has 0 atom stereocenters. The first kappa shape index (κ1) is 21.2. The Kier molecular flexibility index (Phi) is 6.50. The van der Waals surface area contributed by atoms with Crippen LogP contribution in [0.3, 0.4) is 0 Å². The van der Waals surface area contributed by atoms with Crippen LogP contribution in [0.15, 0.2) is 70.8 Å². The van der Waals surface area contributed by atoms with Crippen LogP contribution in [0.2, 0.25) is 0 Å². The molecular formula is C24H22N4O4. The second-order valence-electron chi connectivity index (χ2n) is 7.40. The first-order valence-electron chi connectivity index (χ1n) is 10.4. The highest BCUT2D eigenvalue weighted by atomic mass is 16.6. The van der Waals surface area contributed by atoms with Crippen molar-refractivity contribution in [1.29, 1.82) is 0 Å². The molecule has 3 aromatic carbocycles. The summed E-state index contributed by atoms with van der Waals surface area (Å²) in [6, 6.07) is 16.7. The number of nitrogens with one attached hydrogen (secondary N) is 1. The number of carbonyl (C=O) groups is 1. The van der Waals surface area contributed by atoms with E-state index in [2.05, 4.69) is 15.5 Å². The summed E-state index contributed by atoms with van der Waals surface area (Å²) >= 11 is 0. The second-order valence-corrected chi connectivity index (χ2v) is 7.40. The van der Waals surface area contributed by atoms with Crippen LogP contribution in [-0.2, 0) is 0 Å². The van der Waals surface area contributed by atoms with Gasteiger partial charge in [-0.1, -0.05) is 42.8 Å². The maximum atomic E-state index is 12.7. The van der Waals surface area contributed by atoms with Crippen LogP contribution in [0.25, 0.3) is 10.8 Å². The Morgan fingerprint density at radius 1 is 1.09 bits per heavy atom. The summed E-state index contributed by atoms with van der Waals surface area (Å²) < 4.78 is 5.63. The largest absolute Gasteiger partial charge is 0.422 e. The summed E-state index contributed by atoms with van der Waals surface area (Å²) in [5.74, 6) is 0.474. The van der Waals surface area contributed by atoms with E-state index in [0.717, 1.165) is 48.8 Å². The lowest BCUT2D eigenvalue weighted by Gasteiger charge is -2.11. The number of hydrogen-bond donors (Lipinski definition) is 1. The van der Waals surface area contributed by atoms with E-state index >= 15 is 0 Å². The average molecular weight is 430 g/mol. The zero-order chi connectivity index (χ0) is 22.3. The molecule has 0 saturated heterocycles. The van der Waals surface area contributed by atoms with Gasteiger partial charge in [-0.25, -0.2) is 4.79 Å². The summed E-state index contributed by atoms with van der Waals surface area (Å²) in [6.45, 7) is 0.790. The smallest absolute Gasteiger partial charge is 0.343 e. The van der Waals surface area contributed by atoms with Crippen LogP contribution in [0.4, 0.5) is 5.69 Å². The molecule has 0 aromatic heterocycles. The van der Waals surface area contributed by atoms with Crippen LogP contribution >= 0.6 is 0 Å². The predicted octanol–water partition coefficient (Wildman–Crippen LogP) is 4.86. The summed E-state index contributed by atoms with van der Waals surface area (Å²) in [5, 5.41) is 17.2. The zero-order valence-electron chi connectivity index (χ0n) is 17.4. The normalized spacial score (nSPS) is 14.1. The number of rotatable bonds is 5. The Labute approximate surface area is 184 Å². The molecule has 162 valence electrons. The number of esters is 1. The van der Waals surface area contributed by atoms with Gasteiger partial charge in [0.15, 0.2) is 0 Å². The number of nitro benzene ring substituents is 1. The van der Waals surface area contributed by atoms with E-state index in [4.69, 9.17) is 4.74 Å². The number of benzene rings is 3.